The molecule has 0 aromatic heterocycles. The number of hydrogen-bond acceptors (Lipinski definition) is 2. The monoisotopic (exact) mass is 184 g/mol. The normalized spacial score (nSPS) is 20.3. The minimum atomic E-state index is 0.676. The minimum absolute atomic E-state index is 0.676. The van der Waals surface area contributed by atoms with Gasteiger partial charge in [0.2, 0.25) is 0 Å². The van der Waals surface area contributed by atoms with Crippen LogP contribution in [0, 0.1) is 0 Å². The van der Waals surface area contributed by atoms with E-state index in [0.717, 1.165) is 12.6 Å². The Labute approximate surface area is 82.7 Å². The maximum atomic E-state index is 3.52. The maximum absolute atomic E-state index is 3.52. The van der Waals surface area contributed by atoms with Crippen LogP contribution in [0.5, 0.6) is 0 Å². The molecule has 0 aromatic rings. The zero-order valence-corrected chi connectivity index (χ0v) is 9.34. The molecule has 0 amide bonds. The van der Waals surface area contributed by atoms with Crippen molar-refractivity contribution in [2.45, 2.75) is 51.6 Å². The van der Waals surface area contributed by atoms with Crippen molar-refractivity contribution in [3.05, 3.63) is 0 Å². The van der Waals surface area contributed by atoms with Gasteiger partial charge in [0, 0.05) is 25.2 Å². The summed E-state index contributed by atoms with van der Waals surface area (Å²) < 4.78 is 0. The SMILES string of the molecule is CCC(C)NCCN(C)C1CCC1. The van der Waals surface area contributed by atoms with Gasteiger partial charge in [-0.2, -0.15) is 0 Å². The molecule has 1 aliphatic rings. The Hall–Kier alpha value is -0.0800. The summed E-state index contributed by atoms with van der Waals surface area (Å²) >= 11 is 0. The summed E-state index contributed by atoms with van der Waals surface area (Å²) in [5.74, 6) is 0. The second kappa shape index (κ2) is 5.61. The maximum Gasteiger partial charge on any atom is 0.0107 e. The van der Waals surface area contributed by atoms with Crippen LogP contribution < -0.4 is 5.32 Å². The third kappa shape index (κ3) is 3.65. The van der Waals surface area contributed by atoms with Crippen molar-refractivity contribution >= 4 is 0 Å². The molecule has 2 heteroatoms. The van der Waals surface area contributed by atoms with Crippen LogP contribution in [0.2, 0.25) is 0 Å². The van der Waals surface area contributed by atoms with Gasteiger partial charge in [0.1, 0.15) is 0 Å². The Morgan fingerprint density at radius 2 is 2.15 bits per heavy atom. The second-order valence-corrected chi connectivity index (χ2v) is 4.33. The quantitative estimate of drug-likeness (QED) is 0.678. The van der Waals surface area contributed by atoms with Crippen molar-refractivity contribution in [2.24, 2.45) is 0 Å². The first kappa shape index (κ1) is 11.0. The predicted molar refractivity (Wildman–Crippen MR) is 58.0 cm³/mol. The first-order valence-electron chi connectivity index (χ1n) is 5.67. The van der Waals surface area contributed by atoms with E-state index in [0.29, 0.717) is 6.04 Å². The largest absolute Gasteiger partial charge is 0.313 e. The number of likely N-dealkylation sites (N-methyl/N-ethyl adjacent to an activating group) is 1. The highest BCUT2D eigenvalue weighted by Gasteiger charge is 2.21. The average molecular weight is 184 g/mol. The molecule has 1 aliphatic carbocycles. The third-order valence-electron chi connectivity index (χ3n) is 3.27. The van der Waals surface area contributed by atoms with Crippen LogP contribution in [0.1, 0.15) is 39.5 Å². The Kier molecular flexibility index (Phi) is 4.74. The lowest BCUT2D eigenvalue weighted by Gasteiger charge is -2.35. The fourth-order valence-corrected chi connectivity index (χ4v) is 1.64. The number of nitrogens with zero attached hydrogens (tertiary/aromatic N) is 1. The summed E-state index contributed by atoms with van der Waals surface area (Å²) in [6, 6.07) is 1.56. The molecule has 0 aliphatic heterocycles. The summed E-state index contributed by atoms with van der Waals surface area (Å²) in [6.45, 7) is 6.83. The van der Waals surface area contributed by atoms with Gasteiger partial charge >= 0.3 is 0 Å². The van der Waals surface area contributed by atoms with Gasteiger partial charge in [0.05, 0.1) is 0 Å². The van der Waals surface area contributed by atoms with E-state index in [9.17, 15) is 0 Å². The zero-order chi connectivity index (χ0) is 9.68. The molecular weight excluding hydrogens is 160 g/mol. The van der Waals surface area contributed by atoms with Gasteiger partial charge < -0.3 is 10.2 Å². The summed E-state index contributed by atoms with van der Waals surface area (Å²) in [7, 11) is 2.25. The molecule has 1 unspecified atom stereocenters. The van der Waals surface area contributed by atoms with Crippen molar-refractivity contribution in [2.75, 3.05) is 20.1 Å². The lowest BCUT2D eigenvalue weighted by Crippen LogP contribution is -2.42. The number of nitrogens with one attached hydrogen (secondary N) is 1. The zero-order valence-electron chi connectivity index (χ0n) is 9.34. The van der Waals surface area contributed by atoms with Gasteiger partial charge in [-0.15, -0.1) is 0 Å². The van der Waals surface area contributed by atoms with Crippen molar-refractivity contribution in [3.63, 3.8) is 0 Å². The van der Waals surface area contributed by atoms with Gasteiger partial charge in [-0.1, -0.05) is 13.3 Å². The van der Waals surface area contributed by atoms with Crippen molar-refractivity contribution in [1.29, 1.82) is 0 Å². The fourth-order valence-electron chi connectivity index (χ4n) is 1.64. The van der Waals surface area contributed by atoms with Crippen LogP contribution in [-0.4, -0.2) is 37.1 Å². The Bertz CT molecular complexity index is 132. The van der Waals surface area contributed by atoms with Gasteiger partial charge in [-0.3, -0.25) is 0 Å². The standard InChI is InChI=1S/C11H24N2/c1-4-10(2)12-8-9-13(3)11-6-5-7-11/h10-12H,4-9H2,1-3H3. The number of rotatable bonds is 6. The molecule has 0 saturated heterocycles. The van der Waals surface area contributed by atoms with Crippen LogP contribution in [0.3, 0.4) is 0 Å². The smallest absolute Gasteiger partial charge is 0.0107 e. The Morgan fingerprint density at radius 3 is 2.62 bits per heavy atom. The molecule has 0 spiro atoms. The third-order valence-corrected chi connectivity index (χ3v) is 3.27. The molecular formula is C11H24N2. The first-order valence-corrected chi connectivity index (χ1v) is 5.67. The van der Waals surface area contributed by atoms with Gasteiger partial charge in [0.15, 0.2) is 0 Å². The van der Waals surface area contributed by atoms with Gasteiger partial charge in [-0.25, -0.2) is 0 Å². The van der Waals surface area contributed by atoms with Crippen LogP contribution >= 0.6 is 0 Å². The van der Waals surface area contributed by atoms with Gasteiger partial charge in [-0.05, 0) is 33.2 Å². The lowest BCUT2D eigenvalue weighted by molar-refractivity contribution is 0.159. The summed E-state index contributed by atoms with van der Waals surface area (Å²) in [4.78, 5) is 2.50. The summed E-state index contributed by atoms with van der Waals surface area (Å²) in [5, 5.41) is 3.52. The lowest BCUT2D eigenvalue weighted by atomic mass is 9.92. The van der Waals surface area contributed by atoms with Crippen LogP contribution in [-0.2, 0) is 0 Å². The van der Waals surface area contributed by atoms with Crippen molar-refractivity contribution in [3.8, 4) is 0 Å². The van der Waals surface area contributed by atoms with Crippen LogP contribution in [0.4, 0.5) is 0 Å². The highest BCUT2D eigenvalue weighted by Crippen LogP contribution is 2.22. The van der Waals surface area contributed by atoms with Gasteiger partial charge in [0.25, 0.3) is 0 Å². The topological polar surface area (TPSA) is 15.3 Å². The molecule has 1 saturated carbocycles. The van der Waals surface area contributed by atoms with E-state index in [2.05, 4.69) is 31.1 Å². The fraction of sp³-hybridized carbons (Fsp3) is 1.00. The van der Waals surface area contributed by atoms with E-state index < -0.39 is 0 Å². The van der Waals surface area contributed by atoms with Crippen molar-refractivity contribution < 1.29 is 0 Å². The molecule has 0 bridgehead atoms. The average Bonchev–Trinajstić information content (AvgIpc) is 2.01. The Balaban J connectivity index is 1.98. The molecule has 78 valence electrons. The summed E-state index contributed by atoms with van der Waals surface area (Å²) in [5.41, 5.74) is 0. The van der Waals surface area contributed by atoms with E-state index in [1.165, 1.54) is 32.2 Å². The van der Waals surface area contributed by atoms with E-state index in [1.807, 2.05) is 0 Å². The Morgan fingerprint density at radius 1 is 1.46 bits per heavy atom. The van der Waals surface area contributed by atoms with Crippen LogP contribution in [0.15, 0.2) is 0 Å². The second-order valence-electron chi connectivity index (χ2n) is 4.33. The van der Waals surface area contributed by atoms with E-state index >= 15 is 0 Å². The first-order chi connectivity index (χ1) is 6.24. The molecule has 2 nitrogen and oxygen atoms in total. The molecule has 0 heterocycles. The molecule has 0 radical (unpaired) electrons. The number of hydrogen-bond donors (Lipinski definition) is 1. The molecule has 1 N–H and O–H groups in total. The molecule has 13 heavy (non-hydrogen) atoms. The molecule has 1 atom stereocenters. The minimum Gasteiger partial charge on any atom is -0.313 e. The predicted octanol–water partition coefficient (Wildman–Crippen LogP) is 1.86. The van der Waals surface area contributed by atoms with E-state index in [4.69, 9.17) is 0 Å². The molecule has 0 aromatic carbocycles. The highest BCUT2D eigenvalue weighted by molar-refractivity contribution is 4.78. The van der Waals surface area contributed by atoms with Crippen molar-refractivity contribution in [1.82, 2.24) is 10.2 Å². The van der Waals surface area contributed by atoms with Crippen LogP contribution in [0.25, 0.3) is 0 Å². The van der Waals surface area contributed by atoms with E-state index in [1.54, 1.807) is 0 Å². The summed E-state index contributed by atoms with van der Waals surface area (Å²) in [6.07, 6.45) is 5.50. The van der Waals surface area contributed by atoms with E-state index in [-0.39, 0.29) is 0 Å². The molecule has 1 fully saturated rings. The molecule has 1 rings (SSSR count). The highest BCUT2D eigenvalue weighted by atomic mass is 15.1.